The Morgan fingerprint density at radius 2 is 2.00 bits per heavy atom. The molecule has 1 aliphatic heterocycles. The molecule has 2 aromatic carbocycles. The molecule has 0 bridgehead atoms. The van der Waals surface area contributed by atoms with Crippen LogP contribution in [0.15, 0.2) is 42.5 Å². The number of ether oxygens (including phenoxy) is 1. The molecule has 1 atom stereocenters. The van der Waals surface area contributed by atoms with E-state index in [0.717, 1.165) is 23.4 Å². The first-order valence-electron chi connectivity index (χ1n) is 7.22. The van der Waals surface area contributed by atoms with Crippen molar-refractivity contribution in [3.05, 3.63) is 53.8 Å². The van der Waals surface area contributed by atoms with Gasteiger partial charge in [-0.25, -0.2) is 4.39 Å². The van der Waals surface area contributed by atoms with Gasteiger partial charge in [0.05, 0.1) is 18.0 Å². The predicted molar refractivity (Wildman–Crippen MR) is 82.6 cm³/mol. The van der Waals surface area contributed by atoms with Crippen LogP contribution < -0.4 is 15.4 Å². The topological polar surface area (TPSA) is 38.5 Å². The first-order valence-corrected chi connectivity index (χ1v) is 7.22. The number of halogens is 1. The Kier molecular flexibility index (Phi) is 3.80. The molecule has 21 heavy (non-hydrogen) atoms. The maximum Gasteiger partial charge on any atom is 0.147 e. The average molecular weight is 286 g/mol. The summed E-state index contributed by atoms with van der Waals surface area (Å²) in [5.41, 5.74) is 8.29. The van der Waals surface area contributed by atoms with Gasteiger partial charge in [0.2, 0.25) is 0 Å². The molecule has 0 aliphatic carbocycles. The second-order valence-corrected chi connectivity index (χ2v) is 5.29. The highest BCUT2D eigenvalue weighted by molar-refractivity contribution is 5.72. The zero-order chi connectivity index (χ0) is 14.8. The van der Waals surface area contributed by atoms with Crippen LogP contribution in [0.4, 0.5) is 15.8 Å². The van der Waals surface area contributed by atoms with Crippen LogP contribution in [-0.4, -0.2) is 13.2 Å². The molecule has 2 aromatic rings. The zero-order valence-corrected chi connectivity index (χ0v) is 12.1. The minimum atomic E-state index is -0.249. The van der Waals surface area contributed by atoms with Gasteiger partial charge in [-0.15, -0.1) is 0 Å². The van der Waals surface area contributed by atoms with Crippen molar-refractivity contribution in [3.63, 3.8) is 0 Å². The van der Waals surface area contributed by atoms with Crippen molar-refractivity contribution in [1.29, 1.82) is 0 Å². The number of para-hydroxylation sites is 3. The molecule has 1 aliphatic rings. The van der Waals surface area contributed by atoms with Crippen molar-refractivity contribution >= 4 is 11.4 Å². The van der Waals surface area contributed by atoms with Crippen LogP contribution in [0.25, 0.3) is 0 Å². The van der Waals surface area contributed by atoms with Gasteiger partial charge in [-0.2, -0.15) is 0 Å². The summed E-state index contributed by atoms with van der Waals surface area (Å²) >= 11 is 0. The summed E-state index contributed by atoms with van der Waals surface area (Å²) < 4.78 is 20.2. The van der Waals surface area contributed by atoms with E-state index in [1.54, 1.807) is 6.07 Å². The fraction of sp³-hybridized carbons (Fsp3) is 0.294. The first kappa shape index (κ1) is 13.9. The lowest BCUT2D eigenvalue weighted by Crippen LogP contribution is -2.22. The highest BCUT2D eigenvalue weighted by Gasteiger charge is 2.23. The normalized spacial score (nSPS) is 15.9. The van der Waals surface area contributed by atoms with E-state index < -0.39 is 0 Å². The van der Waals surface area contributed by atoms with Gasteiger partial charge in [-0.3, -0.25) is 0 Å². The highest BCUT2D eigenvalue weighted by Crippen LogP contribution is 2.39. The van der Waals surface area contributed by atoms with Crippen LogP contribution in [0.2, 0.25) is 0 Å². The molecular formula is C17H19FN2O. The second kappa shape index (κ2) is 5.74. The average Bonchev–Trinajstić information content (AvgIpc) is 2.69. The zero-order valence-electron chi connectivity index (χ0n) is 12.1. The summed E-state index contributed by atoms with van der Waals surface area (Å²) in [5.74, 6) is 0.537. The molecule has 1 unspecified atom stereocenters. The highest BCUT2D eigenvalue weighted by atomic mass is 19.1. The van der Waals surface area contributed by atoms with E-state index in [-0.39, 0.29) is 11.9 Å². The number of fused-ring (bicyclic) bond motifs is 1. The maximum atomic E-state index is 14.5. The third-order valence-electron chi connectivity index (χ3n) is 3.72. The lowest BCUT2D eigenvalue weighted by Gasteiger charge is -2.27. The molecule has 0 amide bonds. The van der Waals surface area contributed by atoms with Gasteiger partial charge in [0.15, 0.2) is 0 Å². The van der Waals surface area contributed by atoms with Gasteiger partial charge in [-0.05, 0) is 37.1 Å². The molecule has 4 heteroatoms. The molecule has 0 saturated heterocycles. The largest absolute Gasteiger partial charge is 0.491 e. The Hall–Kier alpha value is -2.07. The molecule has 3 rings (SSSR count). The Morgan fingerprint density at radius 3 is 2.81 bits per heavy atom. The summed E-state index contributed by atoms with van der Waals surface area (Å²) in [6.45, 7) is 3.21. The van der Waals surface area contributed by atoms with Crippen molar-refractivity contribution in [3.8, 4) is 5.75 Å². The van der Waals surface area contributed by atoms with E-state index in [2.05, 4.69) is 0 Å². The summed E-state index contributed by atoms with van der Waals surface area (Å²) in [7, 11) is 0. The number of anilines is 2. The fourth-order valence-electron chi connectivity index (χ4n) is 2.74. The van der Waals surface area contributed by atoms with Gasteiger partial charge < -0.3 is 15.4 Å². The Morgan fingerprint density at radius 1 is 1.19 bits per heavy atom. The Labute approximate surface area is 124 Å². The standard InChI is InChI=1S/C17H19FN2O/c1-12(19)13-6-4-7-14(18)17(13)20-10-5-11-21-16-9-3-2-8-15(16)20/h2-4,6-9,12H,5,10-11,19H2,1H3. The molecule has 2 N–H and O–H groups in total. The van der Waals surface area contributed by atoms with E-state index in [1.165, 1.54) is 6.07 Å². The van der Waals surface area contributed by atoms with Crippen LogP contribution in [0.5, 0.6) is 5.75 Å². The summed E-state index contributed by atoms with van der Waals surface area (Å²) in [6, 6.07) is 12.6. The fourth-order valence-corrected chi connectivity index (χ4v) is 2.74. The number of nitrogens with zero attached hydrogens (tertiary/aromatic N) is 1. The van der Waals surface area contributed by atoms with Crippen molar-refractivity contribution < 1.29 is 9.13 Å². The molecule has 0 spiro atoms. The predicted octanol–water partition coefficient (Wildman–Crippen LogP) is 3.77. The van der Waals surface area contributed by atoms with Gasteiger partial charge >= 0.3 is 0 Å². The number of nitrogens with two attached hydrogens (primary N) is 1. The van der Waals surface area contributed by atoms with Crippen LogP contribution in [0.3, 0.4) is 0 Å². The Bertz CT molecular complexity index is 642. The van der Waals surface area contributed by atoms with Gasteiger partial charge in [0, 0.05) is 12.6 Å². The smallest absolute Gasteiger partial charge is 0.147 e. The number of hydrogen-bond donors (Lipinski definition) is 1. The number of benzene rings is 2. The molecule has 1 heterocycles. The number of rotatable bonds is 2. The summed E-state index contributed by atoms with van der Waals surface area (Å²) in [4.78, 5) is 1.98. The summed E-state index contributed by atoms with van der Waals surface area (Å²) in [6.07, 6.45) is 0.835. The maximum absolute atomic E-state index is 14.5. The van der Waals surface area contributed by atoms with E-state index in [9.17, 15) is 4.39 Å². The molecule has 110 valence electrons. The first-order chi connectivity index (χ1) is 10.2. The SMILES string of the molecule is CC(N)c1cccc(F)c1N1CCCOc2ccccc21. The van der Waals surface area contributed by atoms with Crippen LogP contribution in [-0.2, 0) is 0 Å². The molecule has 0 aromatic heterocycles. The number of hydrogen-bond acceptors (Lipinski definition) is 3. The quantitative estimate of drug-likeness (QED) is 0.913. The van der Waals surface area contributed by atoms with Crippen LogP contribution in [0, 0.1) is 5.82 Å². The van der Waals surface area contributed by atoms with Crippen LogP contribution in [0.1, 0.15) is 24.9 Å². The molecule has 0 fully saturated rings. The Balaban J connectivity index is 2.17. The molecule has 3 nitrogen and oxygen atoms in total. The van der Waals surface area contributed by atoms with Crippen molar-refractivity contribution in [2.75, 3.05) is 18.1 Å². The van der Waals surface area contributed by atoms with Gasteiger partial charge in [0.25, 0.3) is 0 Å². The third kappa shape index (κ3) is 2.59. The third-order valence-corrected chi connectivity index (χ3v) is 3.72. The van der Waals surface area contributed by atoms with Crippen molar-refractivity contribution in [2.24, 2.45) is 5.73 Å². The van der Waals surface area contributed by atoms with E-state index in [1.807, 2.05) is 42.2 Å². The molecule has 0 radical (unpaired) electrons. The van der Waals surface area contributed by atoms with E-state index in [4.69, 9.17) is 10.5 Å². The van der Waals surface area contributed by atoms with Crippen LogP contribution >= 0.6 is 0 Å². The second-order valence-electron chi connectivity index (χ2n) is 5.29. The minimum Gasteiger partial charge on any atom is -0.491 e. The lowest BCUT2D eigenvalue weighted by molar-refractivity contribution is 0.322. The van der Waals surface area contributed by atoms with Gasteiger partial charge in [0.1, 0.15) is 11.6 Å². The molecular weight excluding hydrogens is 267 g/mol. The minimum absolute atomic E-state index is 0.230. The molecule has 0 saturated carbocycles. The van der Waals surface area contributed by atoms with Gasteiger partial charge in [-0.1, -0.05) is 24.3 Å². The van der Waals surface area contributed by atoms with E-state index >= 15 is 0 Å². The lowest BCUT2D eigenvalue weighted by atomic mass is 10.0. The van der Waals surface area contributed by atoms with Crippen molar-refractivity contribution in [2.45, 2.75) is 19.4 Å². The van der Waals surface area contributed by atoms with Crippen molar-refractivity contribution in [1.82, 2.24) is 0 Å². The monoisotopic (exact) mass is 286 g/mol. The summed E-state index contributed by atoms with van der Waals surface area (Å²) in [5, 5.41) is 0. The van der Waals surface area contributed by atoms with E-state index in [0.29, 0.717) is 18.8 Å².